The summed E-state index contributed by atoms with van der Waals surface area (Å²) in [4.78, 5) is 22.5. The maximum absolute atomic E-state index is 11.9. The quantitative estimate of drug-likeness (QED) is 0.835. The highest BCUT2D eigenvalue weighted by atomic mass is 32.2. The van der Waals surface area contributed by atoms with Crippen LogP contribution in [0.15, 0.2) is 24.3 Å². The Hall–Kier alpha value is -1.69. The number of benzene rings is 1. The lowest BCUT2D eigenvalue weighted by atomic mass is 10.2. The first-order chi connectivity index (χ1) is 9.15. The van der Waals surface area contributed by atoms with E-state index in [1.807, 2.05) is 11.8 Å². The molecular formula is C13H16N2O3S. The minimum absolute atomic E-state index is 0.0750. The van der Waals surface area contributed by atoms with E-state index in [0.717, 1.165) is 17.9 Å². The molecule has 1 fully saturated rings. The zero-order chi connectivity index (χ0) is 13.7. The Labute approximate surface area is 115 Å². The first-order valence-corrected chi connectivity index (χ1v) is 7.20. The van der Waals surface area contributed by atoms with E-state index in [4.69, 9.17) is 10.5 Å². The Balaban J connectivity index is 1.89. The van der Waals surface area contributed by atoms with Crippen molar-refractivity contribution in [2.45, 2.75) is 12.5 Å². The maximum Gasteiger partial charge on any atom is 0.255 e. The molecule has 102 valence electrons. The highest BCUT2D eigenvalue weighted by Crippen LogP contribution is 2.18. The van der Waals surface area contributed by atoms with Crippen LogP contribution >= 0.6 is 11.8 Å². The molecule has 2 amide bonds. The van der Waals surface area contributed by atoms with Crippen molar-refractivity contribution >= 4 is 23.6 Å². The molecule has 1 atom stereocenters. The van der Waals surface area contributed by atoms with Crippen molar-refractivity contribution in [2.75, 3.05) is 18.1 Å². The molecule has 0 aliphatic carbocycles. The van der Waals surface area contributed by atoms with Gasteiger partial charge in [0.15, 0.2) is 6.61 Å². The first kappa shape index (κ1) is 13.7. The van der Waals surface area contributed by atoms with E-state index < -0.39 is 5.91 Å². The molecule has 0 saturated carbocycles. The zero-order valence-electron chi connectivity index (χ0n) is 10.4. The Bertz CT molecular complexity index is 455. The summed E-state index contributed by atoms with van der Waals surface area (Å²) >= 11 is 1.85. The van der Waals surface area contributed by atoms with E-state index in [1.54, 1.807) is 24.3 Å². The fraction of sp³-hybridized carbons (Fsp3) is 0.385. The second kappa shape index (κ2) is 6.47. The van der Waals surface area contributed by atoms with Gasteiger partial charge in [-0.3, -0.25) is 9.59 Å². The molecule has 1 aromatic carbocycles. The minimum atomic E-state index is -0.527. The van der Waals surface area contributed by atoms with E-state index >= 15 is 0 Å². The van der Waals surface area contributed by atoms with Gasteiger partial charge in [0.25, 0.3) is 11.8 Å². The van der Waals surface area contributed by atoms with Crippen molar-refractivity contribution in [3.8, 4) is 5.75 Å². The smallest absolute Gasteiger partial charge is 0.255 e. The highest BCUT2D eigenvalue weighted by molar-refractivity contribution is 7.99. The van der Waals surface area contributed by atoms with Crippen LogP contribution in [0.25, 0.3) is 0 Å². The van der Waals surface area contributed by atoms with Crippen molar-refractivity contribution in [1.82, 2.24) is 5.32 Å². The molecule has 19 heavy (non-hydrogen) atoms. The lowest BCUT2D eigenvalue weighted by molar-refractivity contribution is -0.119. The third-order valence-electron chi connectivity index (χ3n) is 2.76. The summed E-state index contributed by atoms with van der Waals surface area (Å²) in [6, 6.07) is 6.92. The number of nitrogens with one attached hydrogen (secondary N) is 1. The molecule has 5 nitrogen and oxygen atoms in total. The van der Waals surface area contributed by atoms with E-state index in [-0.39, 0.29) is 18.6 Å². The second-order valence-corrected chi connectivity index (χ2v) is 5.46. The maximum atomic E-state index is 11.9. The Morgan fingerprint density at radius 1 is 1.37 bits per heavy atom. The van der Waals surface area contributed by atoms with Crippen LogP contribution in [0.3, 0.4) is 0 Å². The average molecular weight is 280 g/mol. The standard InChI is InChI=1S/C13H16N2O3S/c14-12(16)7-18-11-3-1-9(2-4-11)13(17)15-10-5-6-19-8-10/h1-4,10H,5-8H2,(H2,14,16)(H,15,17). The highest BCUT2D eigenvalue weighted by Gasteiger charge is 2.18. The van der Waals surface area contributed by atoms with Crippen LogP contribution in [0.4, 0.5) is 0 Å². The van der Waals surface area contributed by atoms with E-state index in [9.17, 15) is 9.59 Å². The number of rotatable bonds is 5. The topological polar surface area (TPSA) is 81.4 Å². The lowest BCUT2D eigenvalue weighted by Gasteiger charge is -2.11. The van der Waals surface area contributed by atoms with Crippen LogP contribution in [0.5, 0.6) is 5.75 Å². The summed E-state index contributed by atoms with van der Waals surface area (Å²) in [6.45, 7) is -0.162. The number of hydrogen-bond acceptors (Lipinski definition) is 4. The molecule has 3 N–H and O–H groups in total. The van der Waals surface area contributed by atoms with Crippen molar-refractivity contribution in [1.29, 1.82) is 0 Å². The number of amides is 2. The van der Waals surface area contributed by atoms with Crippen LogP contribution in [-0.4, -0.2) is 36.0 Å². The molecular weight excluding hydrogens is 264 g/mol. The molecule has 2 rings (SSSR count). The average Bonchev–Trinajstić information content (AvgIpc) is 2.89. The molecule has 1 aliphatic heterocycles. The van der Waals surface area contributed by atoms with E-state index in [1.165, 1.54) is 0 Å². The SMILES string of the molecule is NC(=O)COc1ccc(C(=O)NC2CCSC2)cc1. The molecule has 1 aromatic rings. The van der Waals surface area contributed by atoms with Gasteiger partial charge in [-0.25, -0.2) is 0 Å². The number of ether oxygens (including phenoxy) is 1. The number of carbonyl (C=O) groups excluding carboxylic acids is 2. The molecule has 0 bridgehead atoms. The van der Waals surface area contributed by atoms with Crippen LogP contribution < -0.4 is 15.8 Å². The van der Waals surface area contributed by atoms with Crippen LogP contribution in [0.2, 0.25) is 0 Å². The lowest BCUT2D eigenvalue weighted by Crippen LogP contribution is -2.34. The largest absolute Gasteiger partial charge is 0.484 e. The van der Waals surface area contributed by atoms with Gasteiger partial charge in [-0.05, 0) is 36.4 Å². The van der Waals surface area contributed by atoms with E-state index in [0.29, 0.717) is 11.3 Å². The molecule has 1 aliphatic rings. The molecule has 1 unspecified atom stereocenters. The second-order valence-electron chi connectivity index (χ2n) is 4.31. The summed E-state index contributed by atoms with van der Waals surface area (Å²) in [5.41, 5.74) is 5.57. The normalized spacial score (nSPS) is 18.0. The summed E-state index contributed by atoms with van der Waals surface area (Å²) in [6.07, 6.45) is 1.02. The fourth-order valence-corrected chi connectivity index (χ4v) is 2.93. The van der Waals surface area contributed by atoms with Gasteiger partial charge >= 0.3 is 0 Å². The van der Waals surface area contributed by atoms with Gasteiger partial charge in [0.2, 0.25) is 0 Å². The van der Waals surface area contributed by atoms with Crippen LogP contribution in [0, 0.1) is 0 Å². The third kappa shape index (κ3) is 4.17. The molecule has 0 radical (unpaired) electrons. The summed E-state index contributed by atoms with van der Waals surface area (Å²) in [5.74, 6) is 2.00. The van der Waals surface area contributed by atoms with Gasteiger partial charge in [-0.15, -0.1) is 0 Å². The number of hydrogen-bond donors (Lipinski definition) is 2. The van der Waals surface area contributed by atoms with Gasteiger partial charge in [0.05, 0.1) is 0 Å². The predicted molar refractivity (Wildman–Crippen MR) is 74.3 cm³/mol. The Morgan fingerprint density at radius 3 is 2.68 bits per heavy atom. The monoisotopic (exact) mass is 280 g/mol. The zero-order valence-corrected chi connectivity index (χ0v) is 11.2. The van der Waals surface area contributed by atoms with Crippen molar-refractivity contribution in [3.63, 3.8) is 0 Å². The molecule has 1 heterocycles. The minimum Gasteiger partial charge on any atom is -0.484 e. The van der Waals surface area contributed by atoms with Gasteiger partial charge in [-0.2, -0.15) is 11.8 Å². The van der Waals surface area contributed by atoms with Crippen LogP contribution in [0.1, 0.15) is 16.8 Å². The van der Waals surface area contributed by atoms with Gasteiger partial charge in [0.1, 0.15) is 5.75 Å². The fourth-order valence-electron chi connectivity index (χ4n) is 1.77. The van der Waals surface area contributed by atoms with Gasteiger partial charge in [0, 0.05) is 17.4 Å². The summed E-state index contributed by atoms with van der Waals surface area (Å²) in [7, 11) is 0. The number of primary amides is 1. The van der Waals surface area contributed by atoms with Crippen LogP contribution in [-0.2, 0) is 4.79 Å². The van der Waals surface area contributed by atoms with Crippen molar-refractivity contribution < 1.29 is 14.3 Å². The first-order valence-electron chi connectivity index (χ1n) is 6.05. The number of nitrogens with two attached hydrogens (primary N) is 1. The molecule has 0 spiro atoms. The van der Waals surface area contributed by atoms with E-state index in [2.05, 4.69) is 5.32 Å². The van der Waals surface area contributed by atoms with Gasteiger partial charge < -0.3 is 15.8 Å². The number of thioether (sulfide) groups is 1. The molecule has 6 heteroatoms. The Morgan fingerprint density at radius 2 is 2.11 bits per heavy atom. The van der Waals surface area contributed by atoms with Crippen molar-refractivity contribution in [2.24, 2.45) is 5.73 Å². The summed E-state index contributed by atoms with van der Waals surface area (Å²) in [5, 5.41) is 2.99. The van der Waals surface area contributed by atoms with Gasteiger partial charge in [-0.1, -0.05) is 0 Å². The summed E-state index contributed by atoms with van der Waals surface area (Å²) < 4.78 is 5.13. The number of carbonyl (C=O) groups is 2. The molecule has 1 saturated heterocycles. The third-order valence-corrected chi connectivity index (χ3v) is 3.92. The predicted octanol–water partition coefficient (Wildman–Crippen LogP) is 0.786. The Kier molecular flexibility index (Phi) is 4.68. The van der Waals surface area contributed by atoms with Crippen molar-refractivity contribution in [3.05, 3.63) is 29.8 Å². The molecule has 0 aromatic heterocycles.